The Labute approximate surface area is 166 Å². The second-order valence-corrected chi connectivity index (χ2v) is 8.32. The van der Waals surface area contributed by atoms with E-state index in [9.17, 15) is 4.79 Å². The molecule has 4 rings (SSSR count). The first kappa shape index (κ1) is 19.1. The van der Waals surface area contributed by atoms with Crippen molar-refractivity contribution in [3.05, 3.63) is 29.8 Å². The van der Waals surface area contributed by atoms with E-state index in [1.54, 1.807) is 4.80 Å². The monoisotopic (exact) mass is 382 g/mol. The van der Waals surface area contributed by atoms with E-state index < -0.39 is 0 Å². The summed E-state index contributed by atoms with van der Waals surface area (Å²) in [6.45, 7) is 7.25. The summed E-state index contributed by atoms with van der Waals surface area (Å²) in [7, 11) is 0. The van der Waals surface area contributed by atoms with Gasteiger partial charge in [-0.15, -0.1) is 10.2 Å². The van der Waals surface area contributed by atoms with E-state index in [1.165, 1.54) is 45.2 Å². The van der Waals surface area contributed by atoms with Crippen LogP contribution in [0.1, 0.15) is 62.4 Å². The molecule has 1 aromatic carbocycles. The van der Waals surface area contributed by atoms with E-state index in [0.29, 0.717) is 23.3 Å². The Morgan fingerprint density at radius 3 is 2.68 bits per heavy atom. The Bertz CT molecular complexity index is 797. The molecule has 2 atom stereocenters. The van der Waals surface area contributed by atoms with Crippen LogP contribution in [-0.4, -0.2) is 56.7 Å². The summed E-state index contributed by atoms with van der Waals surface area (Å²) in [6.07, 6.45) is 6.39. The zero-order chi connectivity index (χ0) is 19.5. The van der Waals surface area contributed by atoms with Gasteiger partial charge in [0.25, 0.3) is 5.91 Å². The van der Waals surface area contributed by atoms with Crippen LogP contribution in [0.25, 0.3) is 11.4 Å². The summed E-state index contributed by atoms with van der Waals surface area (Å²) in [5.74, 6) is 1.16. The first-order chi connectivity index (χ1) is 13.6. The zero-order valence-corrected chi connectivity index (χ0v) is 16.8. The maximum absolute atomic E-state index is 12.6. The number of amides is 1. The molecule has 0 spiro atoms. The van der Waals surface area contributed by atoms with Crippen molar-refractivity contribution in [1.82, 2.24) is 30.4 Å². The molecular weight excluding hydrogens is 352 g/mol. The SMILES string of the molecule is CC(C)n1nnc(-c2ccc(C(=O)NC[C@@H]3CCCN4CCCC[C@@H]34)cc2)n1. The largest absolute Gasteiger partial charge is 0.352 e. The molecule has 2 saturated heterocycles. The highest BCUT2D eigenvalue weighted by molar-refractivity contribution is 5.94. The van der Waals surface area contributed by atoms with Crippen molar-refractivity contribution in [3.8, 4) is 11.4 Å². The lowest BCUT2D eigenvalue weighted by molar-refractivity contribution is 0.0575. The van der Waals surface area contributed by atoms with E-state index >= 15 is 0 Å². The van der Waals surface area contributed by atoms with E-state index in [-0.39, 0.29) is 11.9 Å². The number of hydrogen-bond donors (Lipinski definition) is 1. The molecule has 7 heteroatoms. The van der Waals surface area contributed by atoms with Gasteiger partial charge in [0.1, 0.15) is 0 Å². The highest BCUT2D eigenvalue weighted by atomic mass is 16.1. The van der Waals surface area contributed by atoms with Crippen LogP contribution in [0.3, 0.4) is 0 Å². The molecule has 0 aliphatic carbocycles. The summed E-state index contributed by atoms with van der Waals surface area (Å²) >= 11 is 0. The molecule has 2 aliphatic heterocycles. The number of piperidine rings is 2. The summed E-state index contributed by atoms with van der Waals surface area (Å²) in [5.41, 5.74) is 1.55. The molecule has 0 unspecified atom stereocenters. The Balaban J connectivity index is 1.35. The van der Waals surface area contributed by atoms with Gasteiger partial charge in [0, 0.05) is 23.7 Å². The van der Waals surface area contributed by atoms with Crippen molar-refractivity contribution in [2.75, 3.05) is 19.6 Å². The smallest absolute Gasteiger partial charge is 0.251 e. The van der Waals surface area contributed by atoms with Crippen LogP contribution in [-0.2, 0) is 0 Å². The van der Waals surface area contributed by atoms with Crippen LogP contribution in [0.15, 0.2) is 24.3 Å². The molecule has 7 nitrogen and oxygen atoms in total. The molecule has 2 aliphatic rings. The van der Waals surface area contributed by atoms with Gasteiger partial charge in [-0.2, -0.15) is 4.80 Å². The van der Waals surface area contributed by atoms with Crippen LogP contribution >= 0.6 is 0 Å². The number of carbonyl (C=O) groups is 1. The Hall–Kier alpha value is -2.28. The first-order valence-corrected chi connectivity index (χ1v) is 10.5. The first-order valence-electron chi connectivity index (χ1n) is 10.5. The van der Waals surface area contributed by atoms with Gasteiger partial charge >= 0.3 is 0 Å². The highest BCUT2D eigenvalue weighted by Gasteiger charge is 2.32. The minimum Gasteiger partial charge on any atom is -0.352 e. The molecule has 3 heterocycles. The molecule has 0 saturated carbocycles. The summed E-state index contributed by atoms with van der Waals surface area (Å²) in [4.78, 5) is 16.8. The van der Waals surface area contributed by atoms with Crippen LogP contribution < -0.4 is 5.32 Å². The fourth-order valence-corrected chi connectivity index (χ4v) is 4.47. The third kappa shape index (κ3) is 4.09. The Kier molecular flexibility index (Phi) is 5.71. The topological polar surface area (TPSA) is 75.9 Å². The number of carbonyl (C=O) groups excluding carboxylic acids is 1. The molecule has 0 bridgehead atoms. The maximum atomic E-state index is 12.6. The zero-order valence-electron chi connectivity index (χ0n) is 16.8. The minimum atomic E-state index is -0.00160. The average Bonchev–Trinajstić information content (AvgIpc) is 3.23. The lowest BCUT2D eigenvalue weighted by atomic mass is 9.83. The third-order valence-electron chi connectivity index (χ3n) is 6.05. The average molecular weight is 383 g/mol. The lowest BCUT2D eigenvalue weighted by Gasteiger charge is -2.44. The molecule has 0 radical (unpaired) electrons. The minimum absolute atomic E-state index is 0.00160. The van der Waals surface area contributed by atoms with Crippen molar-refractivity contribution < 1.29 is 4.79 Å². The van der Waals surface area contributed by atoms with Crippen molar-refractivity contribution in [1.29, 1.82) is 0 Å². The predicted molar refractivity (Wildman–Crippen MR) is 108 cm³/mol. The van der Waals surface area contributed by atoms with Gasteiger partial charge < -0.3 is 10.2 Å². The lowest BCUT2D eigenvalue weighted by Crippen LogP contribution is -2.51. The van der Waals surface area contributed by atoms with Crippen LogP contribution in [0, 0.1) is 5.92 Å². The van der Waals surface area contributed by atoms with Crippen molar-refractivity contribution in [2.24, 2.45) is 5.92 Å². The molecule has 1 amide bonds. The fraction of sp³-hybridized carbons (Fsp3) is 0.619. The second-order valence-electron chi connectivity index (χ2n) is 8.32. The van der Waals surface area contributed by atoms with Crippen LogP contribution in [0.4, 0.5) is 0 Å². The molecule has 1 N–H and O–H groups in total. The van der Waals surface area contributed by atoms with Crippen molar-refractivity contribution >= 4 is 5.91 Å². The van der Waals surface area contributed by atoms with Gasteiger partial charge in [-0.05, 0) is 75.9 Å². The summed E-state index contributed by atoms with van der Waals surface area (Å²) in [6, 6.07) is 8.29. The highest BCUT2D eigenvalue weighted by Crippen LogP contribution is 2.30. The number of hydrogen-bond acceptors (Lipinski definition) is 5. The number of nitrogens with zero attached hydrogens (tertiary/aromatic N) is 5. The summed E-state index contributed by atoms with van der Waals surface area (Å²) < 4.78 is 0. The van der Waals surface area contributed by atoms with Gasteiger partial charge in [0.15, 0.2) is 0 Å². The predicted octanol–water partition coefficient (Wildman–Crippen LogP) is 2.92. The maximum Gasteiger partial charge on any atom is 0.251 e. The van der Waals surface area contributed by atoms with Crippen molar-refractivity contribution in [3.63, 3.8) is 0 Å². The Morgan fingerprint density at radius 1 is 1.14 bits per heavy atom. The third-order valence-corrected chi connectivity index (χ3v) is 6.05. The Morgan fingerprint density at radius 2 is 1.93 bits per heavy atom. The number of tetrazole rings is 1. The van der Waals surface area contributed by atoms with E-state index in [0.717, 1.165) is 12.1 Å². The molecule has 1 aromatic heterocycles. The fourth-order valence-electron chi connectivity index (χ4n) is 4.47. The number of rotatable bonds is 5. The van der Waals surface area contributed by atoms with Gasteiger partial charge in [0.2, 0.25) is 5.82 Å². The molecule has 2 fully saturated rings. The number of fused-ring (bicyclic) bond motifs is 1. The quantitative estimate of drug-likeness (QED) is 0.860. The normalized spacial score (nSPS) is 22.8. The second kappa shape index (κ2) is 8.39. The van der Waals surface area contributed by atoms with E-state index in [2.05, 4.69) is 25.6 Å². The van der Waals surface area contributed by atoms with E-state index in [1.807, 2.05) is 38.1 Å². The van der Waals surface area contributed by atoms with Gasteiger partial charge in [0.05, 0.1) is 6.04 Å². The molecule has 2 aromatic rings. The summed E-state index contributed by atoms with van der Waals surface area (Å²) in [5, 5.41) is 15.7. The number of aromatic nitrogens is 4. The van der Waals surface area contributed by atoms with Crippen LogP contribution in [0.2, 0.25) is 0 Å². The van der Waals surface area contributed by atoms with Crippen LogP contribution in [0.5, 0.6) is 0 Å². The van der Waals surface area contributed by atoms with Gasteiger partial charge in [-0.25, -0.2) is 0 Å². The molecule has 28 heavy (non-hydrogen) atoms. The number of benzene rings is 1. The van der Waals surface area contributed by atoms with Crippen molar-refractivity contribution in [2.45, 2.75) is 58.0 Å². The van der Waals surface area contributed by atoms with Gasteiger partial charge in [-0.3, -0.25) is 4.79 Å². The standard InChI is InChI=1S/C21H30N6O/c1-15(2)27-24-20(23-25-27)16-8-10-17(11-9-16)21(28)22-14-18-6-5-13-26-12-4-3-7-19(18)26/h8-11,15,18-19H,3-7,12-14H2,1-2H3,(H,22,28)/t18-,19-/m0/s1. The number of nitrogens with one attached hydrogen (secondary N) is 1. The molecular formula is C21H30N6O. The molecule has 150 valence electrons. The van der Waals surface area contributed by atoms with Gasteiger partial charge in [-0.1, -0.05) is 18.6 Å². The van der Waals surface area contributed by atoms with E-state index in [4.69, 9.17) is 0 Å².